The highest BCUT2D eigenvalue weighted by Crippen LogP contribution is 2.17. The maximum atomic E-state index is 12.3. The molecule has 0 radical (unpaired) electrons. The highest BCUT2D eigenvalue weighted by atomic mass is 32.1. The van der Waals surface area contributed by atoms with Crippen LogP contribution in [0.25, 0.3) is 0 Å². The largest absolute Gasteiger partial charge is 0.343 e. The lowest BCUT2D eigenvalue weighted by atomic mass is 10.1. The van der Waals surface area contributed by atoms with E-state index in [-0.39, 0.29) is 11.9 Å². The number of carbonyl (C=O) groups is 1. The van der Waals surface area contributed by atoms with Gasteiger partial charge >= 0.3 is 0 Å². The molecule has 0 saturated carbocycles. The summed E-state index contributed by atoms with van der Waals surface area (Å²) in [6.45, 7) is 4.59. The third-order valence-electron chi connectivity index (χ3n) is 4.49. The van der Waals surface area contributed by atoms with Gasteiger partial charge in [0.1, 0.15) is 0 Å². The number of hydrogen-bond donors (Lipinski definition) is 1. The van der Waals surface area contributed by atoms with Gasteiger partial charge in [-0.05, 0) is 44.7 Å². The van der Waals surface area contributed by atoms with E-state index in [1.54, 1.807) is 11.3 Å². The van der Waals surface area contributed by atoms with Gasteiger partial charge in [0, 0.05) is 43.0 Å². The van der Waals surface area contributed by atoms with E-state index in [2.05, 4.69) is 36.4 Å². The summed E-state index contributed by atoms with van der Waals surface area (Å²) in [5, 5.41) is 2.11. The van der Waals surface area contributed by atoms with E-state index in [1.165, 1.54) is 4.88 Å². The first-order valence-electron chi connectivity index (χ1n) is 7.84. The Morgan fingerprint density at radius 3 is 2.76 bits per heavy atom. The van der Waals surface area contributed by atoms with Crippen LogP contribution < -0.4 is 5.73 Å². The zero-order valence-corrected chi connectivity index (χ0v) is 13.9. The molecule has 1 amide bonds. The summed E-state index contributed by atoms with van der Waals surface area (Å²) < 4.78 is 0. The standard InChI is InChI=1S/C16H27N3OS/c1-13(10-15-6-5-9-21-15)18(2)14(12-17)11-16(20)19-7-3-4-8-19/h5-6,9,13-14H,3-4,7-8,10-12,17H2,1-2H3. The highest BCUT2D eigenvalue weighted by molar-refractivity contribution is 7.09. The normalized spacial score (nSPS) is 18.2. The van der Waals surface area contributed by atoms with Crippen LogP contribution in [0.15, 0.2) is 17.5 Å². The first kappa shape index (κ1) is 16.5. The van der Waals surface area contributed by atoms with E-state index in [0.717, 1.165) is 32.4 Å². The number of amides is 1. The van der Waals surface area contributed by atoms with Crippen molar-refractivity contribution < 1.29 is 4.79 Å². The van der Waals surface area contributed by atoms with Gasteiger partial charge in [0.15, 0.2) is 0 Å². The SMILES string of the molecule is CC(Cc1cccs1)N(C)C(CN)CC(=O)N1CCCC1. The van der Waals surface area contributed by atoms with Gasteiger partial charge in [0.05, 0.1) is 0 Å². The summed E-state index contributed by atoms with van der Waals surface area (Å²) in [7, 11) is 2.09. The van der Waals surface area contributed by atoms with Crippen molar-refractivity contribution >= 4 is 17.2 Å². The Balaban J connectivity index is 1.87. The zero-order chi connectivity index (χ0) is 15.2. The molecule has 2 N–H and O–H groups in total. The molecular weight excluding hydrogens is 282 g/mol. The molecule has 1 fully saturated rings. The molecule has 4 nitrogen and oxygen atoms in total. The number of likely N-dealkylation sites (N-methyl/N-ethyl adjacent to an activating group) is 1. The molecule has 1 aliphatic rings. The molecule has 1 aromatic heterocycles. The molecule has 1 saturated heterocycles. The number of nitrogens with zero attached hydrogens (tertiary/aromatic N) is 2. The molecule has 2 rings (SSSR count). The lowest BCUT2D eigenvalue weighted by Crippen LogP contribution is -2.46. The van der Waals surface area contributed by atoms with Crippen LogP contribution >= 0.6 is 11.3 Å². The molecule has 0 aromatic carbocycles. The van der Waals surface area contributed by atoms with Crippen LogP contribution in [0.5, 0.6) is 0 Å². The molecule has 2 heterocycles. The molecule has 0 bridgehead atoms. The van der Waals surface area contributed by atoms with E-state index in [1.807, 2.05) is 4.90 Å². The van der Waals surface area contributed by atoms with Gasteiger partial charge in [0.2, 0.25) is 5.91 Å². The maximum absolute atomic E-state index is 12.3. The predicted molar refractivity (Wildman–Crippen MR) is 88.5 cm³/mol. The van der Waals surface area contributed by atoms with Gasteiger partial charge in [-0.15, -0.1) is 11.3 Å². The van der Waals surface area contributed by atoms with Crippen molar-refractivity contribution in [2.24, 2.45) is 5.73 Å². The van der Waals surface area contributed by atoms with Gasteiger partial charge in [-0.2, -0.15) is 0 Å². The predicted octanol–water partition coefficient (Wildman–Crippen LogP) is 1.95. The van der Waals surface area contributed by atoms with Crippen LogP contribution in [-0.4, -0.2) is 54.5 Å². The van der Waals surface area contributed by atoms with E-state index in [9.17, 15) is 4.79 Å². The fraction of sp³-hybridized carbons (Fsp3) is 0.688. The second kappa shape index (κ2) is 7.92. The summed E-state index contributed by atoms with van der Waals surface area (Å²) in [6.07, 6.45) is 3.84. The van der Waals surface area contributed by atoms with Gasteiger partial charge in [0.25, 0.3) is 0 Å². The molecule has 2 atom stereocenters. The van der Waals surface area contributed by atoms with Crippen molar-refractivity contribution in [3.8, 4) is 0 Å². The van der Waals surface area contributed by atoms with Crippen LogP contribution in [0.1, 0.15) is 31.1 Å². The van der Waals surface area contributed by atoms with Gasteiger partial charge in [-0.1, -0.05) is 6.07 Å². The smallest absolute Gasteiger partial charge is 0.224 e. The molecule has 5 heteroatoms. The van der Waals surface area contributed by atoms with Crippen LogP contribution in [0.3, 0.4) is 0 Å². The van der Waals surface area contributed by atoms with Crippen molar-refractivity contribution in [3.63, 3.8) is 0 Å². The Morgan fingerprint density at radius 2 is 2.19 bits per heavy atom. The van der Waals surface area contributed by atoms with Crippen molar-refractivity contribution in [1.29, 1.82) is 0 Å². The summed E-state index contributed by atoms with van der Waals surface area (Å²) >= 11 is 1.79. The van der Waals surface area contributed by atoms with Crippen LogP contribution in [0.4, 0.5) is 0 Å². The van der Waals surface area contributed by atoms with Gasteiger partial charge < -0.3 is 10.6 Å². The van der Waals surface area contributed by atoms with Crippen LogP contribution in [0.2, 0.25) is 0 Å². The lowest BCUT2D eigenvalue weighted by Gasteiger charge is -2.33. The number of likely N-dealkylation sites (tertiary alicyclic amines) is 1. The fourth-order valence-electron chi connectivity index (χ4n) is 2.91. The Kier molecular flexibility index (Phi) is 6.21. The Labute approximate surface area is 131 Å². The summed E-state index contributed by atoms with van der Waals surface area (Å²) in [5.74, 6) is 0.262. The molecule has 21 heavy (non-hydrogen) atoms. The van der Waals surface area contributed by atoms with E-state index < -0.39 is 0 Å². The highest BCUT2D eigenvalue weighted by Gasteiger charge is 2.25. The summed E-state index contributed by atoms with van der Waals surface area (Å²) in [5.41, 5.74) is 5.92. The minimum Gasteiger partial charge on any atom is -0.343 e. The number of nitrogens with two attached hydrogens (primary N) is 1. The molecular formula is C16H27N3OS. The Morgan fingerprint density at radius 1 is 1.48 bits per heavy atom. The maximum Gasteiger partial charge on any atom is 0.224 e. The quantitative estimate of drug-likeness (QED) is 0.837. The average Bonchev–Trinajstić information content (AvgIpc) is 3.16. The third kappa shape index (κ3) is 4.53. The second-order valence-corrected chi connectivity index (χ2v) is 7.01. The zero-order valence-electron chi connectivity index (χ0n) is 13.1. The molecule has 0 aliphatic carbocycles. The Bertz CT molecular complexity index is 429. The number of hydrogen-bond acceptors (Lipinski definition) is 4. The van der Waals surface area contributed by atoms with Crippen LogP contribution in [-0.2, 0) is 11.2 Å². The van der Waals surface area contributed by atoms with Crippen molar-refractivity contribution in [3.05, 3.63) is 22.4 Å². The molecule has 2 unspecified atom stereocenters. The molecule has 0 spiro atoms. The topological polar surface area (TPSA) is 49.6 Å². The fourth-order valence-corrected chi connectivity index (χ4v) is 3.74. The first-order chi connectivity index (χ1) is 10.1. The third-order valence-corrected chi connectivity index (χ3v) is 5.39. The number of carbonyl (C=O) groups excluding carboxylic acids is 1. The van der Waals surface area contributed by atoms with Crippen molar-refractivity contribution in [2.75, 3.05) is 26.7 Å². The van der Waals surface area contributed by atoms with E-state index in [4.69, 9.17) is 5.73 Å². The van der Waals surface area contributed by atoms with Crippen molar-refractivity contribution in [2.45, 2.75) is 44.7 Å². The number of rotatable bonds is 7. The molecule has 1 aromatic rings. The number of thiophene rings is 1. The van der Waals surface area contributed by atoms with E-state index in [0.29, 0.717) is 19.0 Å². The molecule has 118 valence electrons. The van der Waals surface area contributed by atoms with Crippen LogP contribution in [0, 0.1) is 0 Å². The monoisotopic (exact) mass is 309 g/mol. The minimum atomic E-state index is 0.132. The first-order valence-corrected chi connectivity index (χ1v) is 8.72. The van der Waals surface area contributed by atoms with Crippen molar-refractivity contribution in [1.82, 2.24) is 9.80 Å². The summed E-state index contributed by atoms with van der Waals surface area (Å²) in [4.78, 5) is 17.9. The minimum absolute atomic E-state index is 0.132. The Hall–Kier alpha value is -0.910. The van der Waals surface area contributed by atoms with Gasteiger partial charge in [-0.3, -0.25) is 9.69 Å². The van der Waals surface area contributed by atoms with E-state index >= 15 is 0 Å². The lowest BCUT2D eigenvalue weighted by molar-refractivity contribution is -0.131. The second-order valence-electron chi connectivity index (χ2n) is 5.98. The van der Waals surface area contributed by atoms with Gasteiger partial charge in [-0.25, -0.2) is 0 Å². The summed E-state index contributed by atoms with van der Waals surface area (Å²) in [6, 6.07) is 4.78. The molecule has 1 aliphatic heterocycles. The average molecular weight is 309 g/mol.